The van der Waals surface area contributed by atoms with Gasteiger partial charge in [-0.15, -0.1) is 11.3 Å². The number of aliphatic hydroxyl groups excluding tert-OH is 1. The van der Waals surface area contributed by atoms with E-state index in [1.807, 2.05) is 24.5 Å². The maximum absolute atomic E-state index is 9.33. The van der Waals surface area contributed by atoms with E-state index in [1.54, 1.807) is 17.5 Å². The van der Waals surface area contributed by atoms with Crippen LogP contribution in [0.25, 0.3) is 10.6 Å². The topological polar surface area (TPSA) is 58.0 Å². The van der Waals surface area contributed by atoms with E-state index >= 15 is 0 Å². The lowest BCUT2D eigenvalue weighted by Crippen LogP contribution is -2.33. The molecule has 0 aromatic carbocycles. The minimum atomic E-state index is 0.293. The summed E-state index contributed by atoms with van der Waals surface area (Å²) in [5.74, 6) is 0.417. The largest absolute Gasteiger partial charge is 0.396 e. The van der Waals surface area contributed by atoms with Gasteiger partial charge in [-0.1, -0.05) is 6.42 Å². The van der Waals surface area contributed by atoms with E-state index < -0.39 is 0 Å². The molecule has 1 aliphatic rings. The number of aliphatic hydroxyl groups is 1. The lowest BCUT2D eigenvalue weighted by molar-refractivity contribution is 0.205. The average Bonchev–Trinajstić information content (AvgIpc) is 3.15. The molecule has 5 heteroatoms. The Morgan fingerprint density at radius 2 is 2.30 bits per heavy atom. The van der Waals surface area contributed by atoms with Crippen molar-refractivity contribution in [2.75, 3.05) is 6.61 Å². The summed E-state index contributed by atoms with van der Waals surface area (Å²) in [5, 5.41) is 13.9. The monoisotopic (exact) mass is 289 g/mol. The van der Waals surface area contributed by atoms with Gasteiger partial charge in [0.2, 0.25) is 0 Å². The number of pyridine rings is 1. The fourth-order valence-corrected chi connectivity index (χ4v) is 3.62. The molecule has 4 nitrogen and oxygen atoms in total. The minimum absolute atomic E-state index is 0.293. The molecule has 1 saturated carbocycles. The number of aromatic nitrogens is 2. The van der Waals surface area contributed by atoms with Crippen molar-refractivity contribution < 1.29 is 5.11 Å². The Hall–Kier alpha value is -1.30. The van der Waals surface area contributed by atoms with Gasteiger partial charge in [-0.05, 0) is 30.9 Å². The first-order valence-electron chi connectivity index (χ1n) is 7.06. The molecule has 3 rings (SSSR count). The van der Waals surface area contributed by atoms with Gasteiger partial charge in [0.15, 0.2) is 0 Å². The van der Waals surface area contributed by atoms with Crippen molar-refractivity contribution in [1.29, 1.82) is 0 Å². The Balaban J connectivity index is 1.60. The van der Waals surface area contributed by atoms with E-state index in [9.17, 15) is 5.11 Å². The third kappa shape index (κ3) is 3.06. The van der Waals surface area contributed by atoms with Crippen molar-refractivity contribution in [1.82, 2.24) is 15.3 Å². The quantitative estimate of drug-likeness (QED) is 0.887. The van der Waals surface area contributed by atoms with Gasteiger partial charge in [-0.25, -0.2) is 4.98 Å². The van der Waals surface area contributed by atoms with Crippen LogP contribution in [0.5, 0.6) is 0 Å². The average molecular weight is 289 g/mol. The van der Waals surface area contributed by atoms with Crippen LogP contribution in [0.4, 0.5) is 0 Å². The number of hydrogen-bond donors (Lipinski definition) is 2. The van der Waals surface area contributed by atoms with Crippen LogP contribution in [0.1, 0.15) is 24.1 Å². The fourth-order valence-electron chi connectivity index (χ4n) is 2.77. The van der Waals surface area contributed by atoms with Crippen molar-refractivity contribution in [3.8, 4) is 10.6 Å². The zero-order chi connectivity index (χ0) is 13.8. The second kappa shape index (κ2) is 6.43. The van der Waals surface area contributed by atoms with Crippen LogP contribution in [0.3, 0.4) is 0 Å². The van der Waals surface area contributed by atoms with Gasteiger partial charge in [0.1, 0.15) is 5.01 Å². The van der Waals surface area contributed by atoms with Crippen LogP contribution in [0.2, 0.25) is 0 Å². The Morgan fingerprint density at radius 3 is 3.10 bits per heavy atom. The molecule has 0 spiro atoms. The van der Waals surface area contributed by atoms with Gasteiger partial charge in [0, 0.05) is 48.2 Å². The smallest absolute Gasteiger partial charge is 0.125 e. The molecule has 1 fully saturated rings. The molecule has 0 unspecified atom stereocenters. The number of nitrogens with zero attached hydrogens (tertiary/aromatic N) is 2. The molecule has 0 bridgehead atoms. The first kappa shape index (κ1) is 13.7. The standard InChI is InChI=1S/C15H19N3OS/c19-10-12-3-1-5-14(12)17-8-13-9-18-15(20-13)11-4-2-6-16-7-11/h2,4,6-7,9,12,14,17,19H,1,3,5,8,10H2/t12-,14-/m1/s1. The van der Waals surface area contributed by atoms with Crippen LogP contribution in [0, 0.1) is 5.92 Å². The highest BCUT2D eigenvalue weighted by Crippen LogP contribution is 2.27. The summed E-state index contributed by atoms with van der Waals surface area (Å²) in [6.07, 6.45) is 9.07. The van der Waals surface area contributed by atoms with Gasteiger partial charge >= 0.3 is 0 Å². The van der Waals surface area contributed by atoms with Gasteiger partial charge in [-0.3, -0.25) is 4.98 Å². The summed E-state index contributed by atoms with van der Waals surface area (Å²) in [4.78, 5) is 9.81. The van der Waals surface area contributed by atoms with Crippen molar-refractivity contribution in [3.63, 3.8) is 0 Å². The number of hydrogen-bond acceptors (Lipinski definition) is 5. The third-order valence-corrected chi connectivity index (χ3v) is 4.94. The van der Waals surface area contributed by atoms with Crippen molar-refractivity contribution in [3.05, 3.63) is 35.6 Å². The molecule has 1 aliphatic carbocycles. The normalized spacial score (nSPS) is 22.2. The van der Waals surface area contributed by atoms with E-state index in [0.29, 0.717) is 18.6 Å². The molecule has 0 radical (unpaired) electrons. The van der Waals surface area contributed by atoms with Gasteiger partial charge in [-0.2, -0.15) is 0 Å². The SMILES string of the molecule is OC[C@H]1CCC[C@H]1NCc1cnc(-c2cccnc2)s1. The molecular weight excluding hydrogens is 270 g/mol. The van der Waals surface area contributed by atoms with Gasteiger partial charge in [0.05, 0.1) is 0 Å². The molecule has 106 valence electrons. The molecule has 0 aliphatic heterocycles. The molecular formula is C15H19N3OS. The summed E-state index contributed by atoms with van der Waals surface area (Å²) < 4.78 is 0. The second-order valence-corrected chi connectivity index (χ2v) is 6.35. The van der Waals surface area contributed by atoms with E-state index in [0.717, 1.165) is 23.5 Å². The first-order valence-corrected chi connectivity index (χ1v) is 7.88. The molecule has 2 aromatic heterocycles. The van der Waals surface area contributed by atoms with Crippen molar-refractivity contribution in [2.24, 2.45) is 5.92 Å². The Morgan fingerprint density at radius 1 is 1.35 bits per heavy atom. The molecule has 0 amide bonds. The highest BCUT2D eigenvalue weighted by molar-refractivity contribution is 7.15. The van der Waals surface area contributed by atoms with E-state index in [2.05, 4.69) is 15.3 Å². The summed E-state index contributed by atoms with van der Waals surface area (Å²) in [6, 6.07) is 4.41. The maximum atomic E-state index is 9.33. The van der Waals surface area contributed by atoms with Crippen LogP contribution >= 0.6 is 11.3 Å². The Bertz CT molecular complexity index is 543. The summed E-state index contributed by atoms with van der Waals surface area (Å²) in [7, 11) is 0. The zero-order valence-corrected chi connectivity index (χ0v) is 12.1. The molecule has 2 N–H and O–H groups in total. The molecule has 2 aromatic rings. The summed E-state index contributed by atoms with van der Waals surface area (Å²) >= 11 is 1.70. The summed E-state index contributed by atoms with van der Waals surface area (Å²) in [6.45, 7) is 1.13. The maximum Gasteiger partial charge on any atom is 0.125 e. The lowest BCUT2D eigenvalue weighted by Gasteiger charge is -2.18. The highest BCUT2D eigenvalue weighted by atomic mass is 32.1. The number of thiazole rings is 1. The van der Waals surface area contributed by atoms with Crippen molar-refractivity contribution in [2.45, 2.75) is 31.8 Å². The molecule has 20 heavy (non-hydrogen) atoms. The van der Waals surface area contributed by atoms with E-state index in [-0.39, 0.29) is 0 Å². The minimum Gasteiger partial charge on any atom is -0.396 e. The molecule has 0 saturated heterocycles. The number of rotatable bonds is 5. The van der Waals surface area contributed by atoms with Crippen LogP contribution in [-0.4, -0.2) is 27.7 Å². The molecule has 2 atom stereocenters. The van der Waals surface area contributed by atoms with Crippen LogP contribution < -0.4 is 5.32 Å². The number of nitrogens with one attached hydrogen (secondary N) is 1. The van der Waals surface area contributed by atoms with E-state index in [4.69, 9.17) is 0 Å². The third-order valence-electron chi connectivity index (χ3n) is 3.89. The predicted octanol–water partition coefficient (Wildman–Crippen LogP) is 2.46. The highest BCUT2D eigenvalue weighted by Gasteiger charge is 2.25. The predicted molar refractivity (Wildman–Crippen MR) is 80.4 cm³/mol. The Labute approximate surface area is 122 Å². The van der Waals surface area contributed by atoms with Crippen molar-refractivity contribution >= 4 is 11.3 Å². The zero-order valence-electron chi connectivity index (χ0n) is 11.3. The summed E-state index contributed by atoms with van der Waals surface area (Å²) in [5.41, 5.74) is 1.07. The van der Waals surface area contributed by atoms with Crippen LogP contribution in [-0.2, 0) is 6.54 Å². The Kier molecular flexibility index (Phi) is 4.40. The van der Waals surface area contributed by atoms with Gasteiger partial charge in [0.25, 0.3) is 0 Å². The molecule has 2 heterocycles. The van der Waals surface area contributed by atoms with Crippen LogP contribution in [0.15, 0.2) is 30.7 Å². The van der Waals surface area contributed by atoms with E-state index in [1.165, 1.54) is 17.7 Å². The fraction of sp³-hybridized carbons (Fsp3) is 0.467. The first-order chi connectivity index (χ1) is 9.86. The van der Waals surface area contributed by atoms with Gasteiger partial charge < -0.3 is 10.4 Å². The lowest BCUT2D eigenvalue weighted by atomic mass is 10.1. The second-order valence-electron chi connectivity index (χ2n) is 5.23.